The Hall–Kier alpha value is -2.86. The van der Waals surface area contributed by atoms with Crippen molar-refractivity contribution < 1.29 is 9.47 Å². The molecule has 2 heterocycles. The summed E-state index contributed by atoms with van der Waals surface area (Å²) in [7, 11) is 1.61. The lowest BCUT2D eigenvalue weighted by Crippen LogP contribution is -2.29. The van der Waals surface area contributed by atoms with Crippen molar-refractivity contribution in [2.75, 3.05) is 13.7 Å². The first kappa shape index (κ1) is 16.6. The molecule has 0 atom stereocenters. The summed E-state index contributed by atoms with van der Waals surface area (Å²) >= 11 is 1.42. The zero-order valence-corrected chi connectivity index (χ0v) is 15.2. The number of nitrogens with zero attached hydrogens (tertiary/aromatic N) is 2. The molecular formula is C20H18N2O3S. The molecule has 26 heavy (non-hydrogen) atoms. The normalized spacial score (nSPS) is 13.3. The van der Waals surface area contributed by atoms with Crippen molar-refractivity contribution in [2.45, 2.75) is 13.2 Å². The van der Waals surface area contributed by atoms with Crippen LogP contribution in [-0.2, 0) is 13.2 Å². The maximum atomic E-state index is 12.4. The number of thiazole rings is 1. The van der Waals surface area contributed by atoms with E-state index in [0.29, 0.717) is 35.7 Å². The number of ether oxygens (including phenoxy) is 2. The lowest BCUT2D eigenvalue weighted by molar-refractivity contribution is 0.284. The molecule has 0 amide bonds. The van der Waals surface area contributed by atoms with E-state index in [2.05, 4.69) is 4.99 Å². The number of methoxy groups -OCH3 is 1. The van der Waals surface area contributed by atoms with Crippen molar-refractivity contribution in [3.63, 3.8) is 0 Å². The summed E-state index contributed by atoms with van der Waals surface area (Å²) in [5.41, 5.74) is 2.01. The van der Waals surface area contributed by atoms with Gasteiger partial charge in [-0.25, -0.2) is 0 Å². The quantitative estimate of drug-likeness (QED) is 0.694. The van der Waals surface area contributed by atoms with Crippen LogP contribution < -0.4 is 24.4 Å². The van der Waals surface area contributed by atoms with Crippen LogP contribution in [0.1, 0.15) is 11.1 Å². The molecule has 0 saturated carbocycles. The largest absolute Gasteiger partial charge is 0.493 e. The van der Waals surface area contributed by atoms with E-state index < -0.39 is 0 Å². The molecule has 1 aromatic heterocycles. The molecule has 4 rings (SSSR count). The molecule has 1 aliphatic rings. The second-order valence-corrected chi connectivity index (χ2v) is 6.93. The van der Waals surface area contributed by atoms with Crippen molar-refractivity contribution in [1.29, 1.82) is 0 Å². The standard InChI is InChI=1S/C20H18N2O3S/c1-24-17-11-15(12-18-19(23)22-10-9-21-20(22)26-18)7-8-16(17)25-13-14-5-3-2-4-6-14/h2-8,11-12H,9-10,13H2,1H3/b18-12+. The molecule has 0 radical (unpaired) electrons. The van der Waals surface area contributed by atoms with Crippen molar-refractivity contribution in [3.8, 4) is 11.5 Å². The van der Waals surface area contributed by atoms with E-state index in [-0.39, 0.29) is 5.56 Å². The van der Waals surface area contributed by atoms with Crippen molar-refractivity contribution >= 4 is 17.4 Å². The number of aromatic nitrogens is 1. The minimum absolute atomic E-state index is 0.0228. The molecule has 0 aliphatic carbocycles. The van der Waals surface area contributed by atoms with Gasteiger partial charge in [-0.2, -0.15) is 0 Å². The molecule has 0 unspecified atom stereocenters. The third-order valence-electron chi connectivity index (χ3n) is 4.18. The fourth-order valence-corrected chi connectivity index (χ4v) is 3.88. The first-order chi connectivity index (χ1) is 12.7. The van der Waals surface area contributed by atoms with E-state index in [1.54, 1.807) is 11.7 Å². The molecule has 132 valence electrons. The highest BCUT2D eigenvalue weighted by Crippen LogP contribution is 2.29. The van der Waals surface area contributed by atoms with Crippen LogP contribution in [-0.4, -0.2) is 18.2 Å². The van der Waals surface area contributed by atoms with Gasteiger partial charge in [0.05, 0.1) is 18.2 Å². The zero-order valence-electron chi connectivity index (χ0n) is 14.3. The Bertz CT molecular complexity index is 1100. The summed E-state index contributed by atoms with van der Waals surface area (Å²) in [4.78, 5) is 17.5. The summed E-state index contributed by atoms with van der Waals surface area (Å²) in [6.07, 6.45) is 1.87. The van der Waals surface area contributed by atoms with Crippen LogP contribution in [0.3, 0.4) is 0 Å². The molecule has 0 fully saturated rings. The fourth-order valence-electron chi connectivity index (χ4n) is 2.85. The molecule has 6 heteroatoms. The summed E-state index contributed by atoms with van der Waals surface area (Å²) < 4.78 is 13.7. The molecule has 0 spiro atoms. The van der Waals surface area contributed by atoms with Gasteiger partial charge in [0.1, 0.15) is 6.61 Å². The summed E-state index contributed by atoms with van der Waals surface area (Å²) in [5.74, 6) is 1.32. The Morgan fingerprint density at radius 2 is 2.04 bits per heavy atom. The summed E-state index contributed by atoms with van der Waals surface area (Å²) in [5, 5.41) is 0. The van der Waals surface area contributed by atoms with E-state index in [0.717, 1.165) is 15.9 Å². The topological polar surface area (TPSA) is 52.8 Å². The van der Waals surface area contributed by atoms with E-state index in [1.165, 1.54) is 11.3 Å². The summed E-state index contributed by atoms with van der Waals surface area (Å²) in [6, 6.07) is 15.7. The Kier molecular flexibility index (Phi) is 4.58. The predicted molar refractivity (Wildman–Crippen MR) is 102 cm³/mol. The van der Waals surface area contributed by atoms with Gasteiger partial charge in [-0.05, 0) is 29.3 Å². The smallest absolute Gasteiger partial charge is 0.270 e. The van der Waals surface area contributed by atoms with E-state index >= 15 is 0 Å². The third kappa shape index (κ3) is 3.28. The molecule has 0 bridgehead atoms. The van der Waals surface area contributed by atoms with Crippen LogP contribution in [0.15, 0.2) is 58.3 Å². The van der Waals surface area contributed by atoms with Gasteiger partial charge in [0.25, 0.3) is 5.56 Å². The third-order valence-corrected chi connectivity index (χ3v) is 5.23. The SMILES string of the molecule is COc1cc(/C=c2/sc3n(c2=O)CCN=3)ccc1OCc1ccccc1. The number of rotatable bonds is 5. The number of fused-ring (bicyclic) bond motifs is 1. The zero-order chi connectivity index (χ0) is 17.9. The number of benzene rings is 2. The molecule has 2 aromatic carbocycles. The maximum Gasteiger partial charge on any atom is 0.270 e. The Balaban J connectivity index is 1.61. The van der Waals surface area contributed by atoms with Crippen LogP contribution >= 0.6 is 11.3 Å². The lowest BCUT2D eigenvalue weighted by atomic mass is 10.2. The second-order valence-electron chi connectivity index (χ2n) is 5.92. The lowest BCUT2D eigenvalue weighted by Gasteiger charge is -2.11. The average molecular weight is 366 g/mol. The molecular weight excluding hydrogens is 348 g/mol. The fraction of sp³-hybridized carbons (Fsp3) is 0.200. The Morgan fingerprint density at radius 3 is 2.81 bits per heavy atom. The van der Waals surface area contributed by atoms with Crippen LogP contribution in [0.25, 0.3) is 6.08 Å². The molecule has 0 N–H and O–H groups in total. The minimum Gasteiger partial charge on any atom is -0.493 e. The van der Waals surface area contributed by atoms with Crippen molar-refractivity contribution in [3.05, 3.63) is 79.3 Å². The van der Waals surface area contributed by atoms with Gasteiger partial charge in [-0.1, -0.05) is 47.7 Å². The van der Waals surface area contributed by atoms with Crippen LogP contribution in [0.5, 0.6) is 11.5 Å². The summed E-state index contributed by atoms with van der Waals surface area (Å²) in [6.45, 7) is 1.84. The molecule has 0 saturated heterocycles. The molecule has 3 aromatic rings. The first-order valence-corrected chi connectivity index (χ1v) is 9.17. The predicted octanol–water partition coefficient (Wildman–Crippen LogP) is 1.96. The average Bonchev–Trinajstić information content (AvgIpc) is 3.25. The van der Waals surface area contributed by atoms with Crippen molar-refractivity contribution in [1.82, 2.24) is 4.57 Å². The molecule has 5 nitrogen and oxygen atoms in total. The van der Waals surface area contributed by atoms with E-state index in [9.17, 15) is 4.79 Å². The number of hydrogen-bond acceptors (Lipinski definition) is 5. The van der Waals surface area contributed by atoms with Crippen LogP contribution in [0.2, 0.25) is 0 Å². The van der Waals surface area contributed by atoms with Crippen molar-refractivity contribution in [2.24, 2.45) is 4.99 Å². The Labute approximate surface area is 154 Å². The molecule has 1 aliphatic heterocycles. The highest BCUT2D eigenvalue weighted by Gasteiger charge is 2.10. The van der Waals surface area contributed by atoms with Crippen LogP contribution in [0, 0.1) is 0 Å². The minimum atomic E-state index is 0.0228. The van der Waals surface area contributed by atoms with Gasteiger partial charge in [0.2, 0.25) is 0 Å². The number of hydrogen-bond donors (Lipinski definition) is 0. The highest BCUT2D eigenvalue weighted by molar-refractivity contribution is 7.07. The Morgan fingerprint density at radius 1 is 1.19 bits per heavy atom. The van der Waals surface area contributed by atoms with Gasteiger partial charge < -0.3 is 9.47 Å². The monoisotopic (exact) mass is 366 g/mol. The van der Waals surface area contributed by atoms with E-state index in [4.69, 9.17) is 9.47 Å². The van der Waals surface area contributed by atoms with E-state index in [1.807, 2.05) is 54.6 Å². The van der Waals surface area contributed by atoms with Crippen LogP contribution in [0.4, 0.5) is 0 Å². The van der Waals surface area contributed by atoms with Gasteiger partial charge in [0, 0.05) is 6.54 Å². The van der Waals surface area contributed by atoms with Gasteiger partial charge in [-0.3, -0.25) is 14.4 Å². The first-order valence-electron chi connectivity index (χ1n) is 8.35. The van der Waals surface area contributed by atoms with Gasteiger partial charge in [0.15, 0.2) is 16.3 Å². The maximum absolute atomic E-state index is 12.4. The van der Waals surface area contributed by atoms with Gasteiger partial charge >= 0.3 is 0 Å². The second kappa shape index (κ2) is 7.17. The highest BCUT2D eigenvalue weighted by atomic mass is 32.1. The van der Waals surface area contributed by atoms with Gasteiger partial charge in [-0.15, -0.1) is 0 Å².